The zero-order valence-corrected chi connectivity index (χ0v) is 13.7. The molecule has 0 radical (unpaired) electrons. The maximum absolute atomic E-state index is 13.8. The number of hydrogen-bond donors (Lipinski definition) is 2. The lowest BCUT2D eigenvalue weighted by molar-refractivity contribution is 0.314. The summed E-state index contributed by atoms with van der Waals surface area (Å²) >= 11 is 0. The molecule has 0 bridgehead atoms. The number of nitrogens with one attached hydrogen (secondary N) is 1. The molecule has 0 spiro atoms. The first-order valence-electron chi connectivity index (χ1n) is 6.83. The molecule has 0 fully saturated rings. The first-order chi connectivity index (χ1) is 9.67. The van der Waals surface area contributed by atoms with E-state index < -0.39 is 15.8 Å². The number of benzene rings is 1. The van der Waals surface area contributed by atoms with Gasteiger partial charge in [0.15, 0.2) is 0 Å². The molecule has 0 aromatic heterocycles. The number of halogens is 1. The van der Waals surface area contributed by atoms with E-state index in [-0.39, 0.29) is 23.4 Å². The van der Waals surface area contributed by atoms with Gasteiger partial charge in [0.05, 0.1) is 0 Å². The van der Waals surface area contributed by atoms with E-state index in [1.54, 1.807) is 0 Å². The molecule has 5 nitrogen and oxygen atoms in total. The third-order valence-corrected chi connectivity index (χ3v) is 4.70. The van der Waals surface area contributed by atoms with E-state index in [1.165, 1.54) is 12.1 Å². The fraction of sp³-hybridized carbons (Fsp3) is 0.571. The van der Waals surface area contributed by atoms with Crippen molar-refractivity contribution in [3.63, 3.8) is 0 Å². The van der Waals surface area contributed by atoms with Crippen LogP contribution in [0.15, 0.2) is 23.1 Å². The van der Waals surface area contributed by atoms with E-state index in [1.807, 2.05) is 32.8 Å². The summed E-state index contributed by atoms with van der Waals surface area (Å²) < 4.78 is 41.2. The van der Waals surface area contributed by atoms with Crippen LogP contribution in [0.5, 0.6) is 0 Å². The fourth-order valence-electron chi connectivity index (χ4n) is 1.92. The van der Waals surface area contributed by atoms with Crippen molar-refractivity contribution < 1.29 is 12.8 Å². The number of rotatable bonds is 7. The van der Waals surface area contributed by atoms with Crippen molar-refractivity contribution in [2.45, 2.75) is 31.3 Å². The third kappa shape index (κ3) is 5.03. The second kappa shape index (κ2) is 7.31. The van der Waals surface area contributed by atoms with Gasteiger partial charge in [-0.2, -0.15) is 0 Å². The van der Waals surface area contributed by atoms with Crippen molar-refractivity contribution in [1.82, 2.24) is 9.62 Å². The molecule has 21 heavy (non-hydrogen) atoms. The SMILES string of the molecule is CC(C)C(CN(C)C)NS(=O)(=O)c1cc(CN)ccc1F. The molecule has 0 amide bonds. The van der Waals surface area contributed by atoms with Crippen LogP contribution in [0.3, 0.4) is 0 Å². The normalized spacial score (nSPS) is 13.9. The summed E-state index contributed by atoms with van der Waals surface area (Å²) in [6, 6.07) is 3.59. The minimum Gasteiger partial charge on any atom is -0.326 e. The van der Waals surface area contributed by atoms with Crippen LogP contribution < -0.4 is 10.5 Å². The second-order valence-electron chi connectivity index (χ2n) is 5.70. The molecule has 120 valence electrons. The highest BCUT2D eigenvalue weighted by molar-refractivity contribution is 7.89. The molecule has 0 aliphatic carbocycles. The van der Waals surface area contributed by atoms with Gasteiger partial charge in [-0.05, 0) is 37.7 Å². The van der Waals surface area contributed by atoms with Gasteiger partial charge in [0.1, 0.15) is 10.7 Å². The van der Waals surface area contributed by atoms with Crippen molar-refractivity contribution in [3.8, 4) is 0 Å². The molecule has 1 unspecified atom stereocenters. The summed E-state index contributed by atoms with van der Waals surface area (Å²) in [4.78, 5) is 1.54. The van der Waals surface area contributed by atoms with Gasteiger partial charge in [-0.15, -0.1) is 0 Å². The van der Waals surface area contributed by atoms with E-state index in [2.05, 4.69) is 4.72 Å². The predicted octanol–water partition coefficient (Wildman–Crippen LogP) is 1.15. The molecular weight excluding hydrogens is 293 g/mol. The number of likely N-dealkylation sites (N-methyl/N-ethyl adjacent to an activating group) is 1. The van der Waals surface area contributed by atoms with Gasteiger partial charge >= 0.3 is 0 Å². The average Bonchev–Trinajstić information content (AvgIpc) is 2.37. The fourth-order valence-corrected chi connectivity index (χ4v) is 3.42. The number of hydrogen-bond acceptors (Lipinski definition) is 4. The van der Waals surface area contributed by atoms with Crippen LogP contribution in [0.1, 0.15) is 19.4 Å². The Bertz CT molecular complexity index is 574. The van der Waals surface area contributed by atoms with Crippen LogP contribution in [0, 0.1) is 11.7 Å². The summed E-state index contributed by atoms with van der Waals surface area (Å²) in [6.07, 6.45) is 0. The summed E-state index contributed by atoms with van der Waals surface area (Å²) in [5.41, 5.74) is 6.06. The third-order valence-electron chi connectivity index (χ3n) is 3.19. The first-order valence-corrected chi connectivity index (χ1v) is 8.31. The highest BCUT2D eigenvalue weighted by Crippen LogP contribution is 2.18. The molecule has 1 aromatic carbocycles. The van der Waals surface area contributed by atoms with Gasteiger partial charge in [0.2, 0.25) is 10.0 Å². The quantitative estimate of drug-likeness (QED) is 0.791. The Hall–Kier alpha value is -1.02. The Morgan fingerprint density at radius 2 is 1.95 bits per heavy atom. The minimum absolute atomic E-state index is 0.0860. The summed E-state index contributed by atoms with van der Waals surface area (Å²) in [6.45, 7) is 4.54. The van der Waals surface area contributed by atoms with Gasteiger partial charge in [0, 0.05) is 19.1 Å². The molecule has 1 aromatic rings. The molecule has 0 aliphatic rings. The summed E-state index contributed by atoms with van der Waals surface area (Å²) in [5, 5.41) is 0. The lowest BCUT2D eigenvalue weighted by Gasteiger charge is -2.25. The van der Waals surface area contributed by atoms with Gasteiger partial charge in [-0.1, -0.05) is 19.9 Å². The monoisotopic (exact) mass is 317 g/mol. The van der Waals surface area contributed by atoms with E-state index >= 15 is 0 Å². The molecule has 3 N–H and O–H groups in total. The number of nitrogens with zero attached hydrogens (tertiary/aromatic N) is 1. The number of nitrogens with two attached hydrogens (primary N) is 1. The smallest absolute Gasteiger partial charge is 0.243 e. The maximum Gasteiger partial charge on any atom is 0.243 e. The Labute approximate surface area is 126 Å². The van der Waals surface area contributed by atoms with Gasteiger partial charge in [0.25, 0.3) is 0 Å². The van der Waals surface area contributed by atoms with Crippen LogP contribution in [0.2, 0.25) is 0 Å². The van der Waals surface area contributed by atoms with Crippen LogP contribution in [0.4, 0.5) is 4.39 Å². The lowest BCUT2D eigenvalue weighted by atomic mass is 10.1. The van der Waals surface area contributed by atoms with Crippen LogP contribution in [0.25, 0.3) is 0 Å². The van der Waals surface area contributed by atoms with E-state index in [9.17, 15) is 12.8 Å². The molecule has 1 atom stereocenters. The zero-order valence-electron chi connectivity index (χ0n) is 12.9. The Morgan fingerprint density at radius 3 is 2.43 bits per heavy atom. The van der Waals surface area contributed by atoms with Gasteiger partial charge < -0.3 is 10.6 Å². The first kappa shape index (κ1) is 18.0. The molecular formula is C14H24FN3O2S. The molecule has 0 saturated carbocycles. The Morgan fingerprint density at radius 1 is 1.33 bits per heavy atom. The Balaban J connectivity index is 3.10. The molecule has 0 heterocycles. The largest absolute Gasteiger partial charge is 0.326 e. The summed E-state index contributed by atoms with van der Waals surface area (Å²) in [5.74, 6) is -0.685. The minimum atomic E-state index is -3.92. The lowest BCUT2D eigenvalue weighted by Crippen LogP contribution is -2.45. The highest BCUT2D eigenvalue weighted by Gasteiger charge is 2.25. The highest BCUT2D eigenvalue weighted by atomic mass is 32.2. The van der Waals surface area contributed by atoms with Crippen molar-refractivity contribution >= 4 is 10.0 Å². The van der Waals surface area contributed by atoms with Gasteiger partial charge in [-0.25, -0.2) is 17.5 Å². The molecule has 7 heteroatoms. The van der Waals surface area contributed by atoms with Gasteiger partial charge in [-0.3, -0.25) is 0 Å². The van der Waals surface area contributed by atoms with Crippen molar-refractivity contribution in [2.75, 3.05) is 20.6 Å². The van der Waals surface area contributed by atoms with Crippen molar-refractivity contribution in [1.29, 1.82) is 0 Å². The van der Waals surface area contributed by atoms with E-state index in [0.717, 1.165) is 6.07 Å². The van der Waals surface area contributed by atoms with Crippen LogP contribution >= 0.6 is 0 Å². The zero-order chi connectivity index (χ0) is 16.2. The molecule has 1 rings (SSSR count). The van der Waals surface area contributed by atoms with Crippen molar-refractivity contribution in [2.24, 2.45) is 11.7 Å². The predicted molar refractivity (Wildman–Crippen MR) is 81.8 cm³/mol. The molecule has 0 aliphatic heterocycles. The topological polar surface area (TPSA) is 75.4 Å². The standard InChI is InChI=1S/C14H24FN3O2S/c1-10(2)13(9-18(3)4)17-21(19,20)14-7-11(8-16)5-6-12(14)15/h5-7,10,13,17H,8-9,16H2,1-4H3. The van der Waals surface area contributed by atoms with Crippen LogP contribution in [-0.2, 0) is 16.6 Å². The molecule has 0 saturated heterocycles. The van der Waals surface area contributed by atoms with Crippen molar-refractivity contribution in [3.05, 3.63) is 29.6 Å². The second-order valence-corrected chi connectivity index (χ2v) is 7.39. The van der Waals surface area contributed by atoms with Crippen LogP contribution in [-0.4, -0.2) is 40.0 Å². The van der Waals surface area contributed by atoms with E-state index in [0.29, 0.717) is 12.1 Å². The number of sulfonamides is 1. The van der Waals surface area contributed by atoms with E-state index in [4.69, 9.17) is 5.73 Å². The Kier molecular flexibility index (Phi) is 6.27. The maximum atomic E-state index is 13.8. The summed E-state index contributed by atoms with van der Waals surface area (Å²) in [7, 11) is -0.200. The average molecular weight is 317 g/mol.